The molecule has 1 N–H and O–H groups in total. The molecule has 0 aromatic heterocycles. The number of nitrogens with zero attached hydrogens (tertiary/aromatic N) is 2. The normalized spacial score (nSPS) is 21.7. The van der Waals surface area contributed by atoms with Gasteiger partial charge >= 0.3 is 18.2 Å². The molecule has 0 radical (unpaired) electrons. The van der Waals surface area contributed by atoms with E-state index >= 15 is 0 Å². The Labute approximate surface area is 149 Å². The largest absolute Gasteiger partial charge is 0.471 e. The summed E-state index contributed by atoms with van der Waals surface area (Å²) in [4.78, 5) is 37.9. The Hall–Kier alpha value is -2.00. The molecule has 0 aliphatic carbocycles. The van der Waals surface area contributed by atoms with Crippen LogP contribution in [0, 0.1) is 0 Å². The second-order valence-electron chi connectivity index (χ2n) is 6.57. The average molecular weight is 379 g/mol. The number of nitrogens with one attached hydrogen (secondary N) is 1. The highest BCUT2D eigenvalue weighted by Crippen LogP contribution is 2.26. The van der Waals surface area contributed by atoms with E-state index in [1.54, 1.807) is 10.2 Å². The molecule has 2 saturated heterocycles. The molecule has 2 aliphatic rings. The van der Waals surface area contributed by atoms with Gasteiger partial charge in [0.2, 0.25) is 5.91 Å². The van der Waals surface area contributed by atoms with Crippen molar-refractivity contribution in [2.24, 2.45) is 0 Å². The standard InChI is InChI=1S/C16H24F3N3O4/c1-2-3-4-12-10-26-15(25)22(12)11-5-7-21(8-6-11)13(23)9-20-14(24)16(17,18)19/h11-12H,2-10H2,1H3,(H,20,24). The second-order valence-corrected chi connectivity index (χ2v) is 6.57. The molecule has 10 heteroatoms. The Morgan fingerprint density at radius 2 is 1.92 bits per heavy atom. The maximum Gasteiger partial charge on any atom is 0.471 e. The number of carbonyl (C=O) groups excluding carboxylic acids is 3. The highest BCUT2D eigenvalue weighted by molar-refractivity contribution is 5.87. The zero-order chi connectivity index (χ0) is 19.3. The highest BCUT2D eigenvalue weighted by atomic mass is 19.4. The van der Waals surface area contributed by atoms with Crippen molar-refractivity contribution in [3.05, 3.63) is 0 Å². The van der Waals surface area contributed by atoms with Crippen LogP contribution in [0.2, 0.25) is 0 Å². The van der Waals surface area contributed by atoms with Crippen LogP contribution in [-0.2, 0) is 14.3 Å². The maximum atomic E-state index is 12.1. The van der Waals surface area contributed by atoms with E-state index in [1.807, 2.05) is 0 Å². The summed E-state index contributed by atoms with van der Waals surface area (Å²) < 4.78 is 41.6. The molecule has 26 heavy (non-hydrogen) atoms. The summed E-state index contributed by atoms with van der Waals surface area (Å²) in [5.74, 6) is -2.69. The van der Waals surface area contributed by atoms with E-state index in [2.05, 4.69) is 6.92 Å². The number of cyclic esters (lactones) is 1. The van der Waals surface area contributed by atoms with Crippen LogP contribution in [0.5, 0.6) is 0 Å². The van der Waals surface area contributed by atoms with Crippen LogP contribution in [-0.4, -0.2) is 72.2 Å². The quantitative estimate of drug-likeness (QED) is 0.761. The van der Waals surface area contributed by atoms with Gasteiger partial charge in [0, 0.05) is 19.1 Å². The molecular weight excluding hydrogens is 355 g/mol. The smallest absolute Gasteiger partial charge is 0.447 e. The van der Waals surface area contributed by atoms with E-state index in [0.717, 1.165) is 19.3 Å². The van der Waals surface area contributed by atoms with Crippen LogP contribution in [0.3, 0.4) is 0 Å². The number of likely N-dealkylation sites (tertiary alicyclic amines) is 1. The van der Waals surface area contributed by atoms with Crippen molar-refractivity contribution in [2.45, 2.75) is 57.3 Å². The summed E-state index contributed by atoms with van der Waals surface area (Å²) >= 11 is 0. The van der Waals surface area contributed by atoms with Crippen molar-refractivity contribution in [1.29, 1.82) is 0 Å². The van der Waals surface area contributed by atoms with Crippen LogP contribution in [0.1, 0.15) is 39.0 Å². The predicted octanol–water partition coefficient (Wildman–Crippen LogP) is 1.67. The number of hydrogen-bond donors (Lipinski definition) is 1. The molecule has 148 valence electrons. The summed E-state index contributed by atoms with van der Waals surface area (Å²) in [5.41, 5.74) is 0. The SMILES string of the molecule is CCCCC1COC(=O)N1C1CCN(C(=O)CNC(=O)C(F)(F)F)CC1. The number of carbonyl (C=O) groups is 3. The van der Waals surface area contributed by atoms with E-state index in [0.29, 0.717) is 32.5 Å². The van der Waals surface area contributed by atoms with Crippen molar-refractivity contribution in [3.63, 3.8) is 0 Å². The van der Waals surface area contributed by atoms with E-state index in [9.17, 15) is 27.6 Å². The lowest BCUT2D eigenvalue weighted by molar-refractivity contribution is -0.174. The van der Waals surface area contributed by atoms with Crippen molar-refractivity contribution >= 4 is 17.9 Å². The fraction of sp³-hybridized carbons (Fsp3) is 0.812. The van der Waals surface area contributed by atoms with E-state index in [-0.39, 0.29) is 18.2 Å². The van der Waals surface area contributed by atoms with Crippen molar-refractivity contribution in [1.82, 2.24) is 15.1 Å². The summed E-state index contributed by atoms with van der Waals surface area (Å²) in [6.07, 6.45) is -1.38. The van der Waals surface area contributed by atoms with Crippen LogP contribution in [0.4, 0.5) is 18.0 Å². The lowest BCUT2D eigenvalue weighted by Gasteiger charge is -2.38. The van der Waals surface area contributed by atoms with Gasteiger partial charge in [0.05, 0.1) is 12.6 Å². The second kappa shape index (κ2) is 8.59. The van der Waals surface area contributed by atoms with Gasteiger partial charge in [-0.15, -0.1) is 0 Å². The molecular formula is C16H24F3N3O4. The van der Waals surface area contributed by atoms with Gasteiger partial charge < -0.3 is 15.0 Å². The Morgan fingerprint density at radius 1 is 1.27 bits per heavy atom. The fourth-order valence-corrected chi connectivity index (χ4v) is 3.34. The van der Waals surface area contributed by atoms with E-state index < -0.39 is 24.5 Å². The molecule has 2 rings (SSSR count). The molecule has 0 aromatic rings. The number of halogens is 3. The first-order chi connectivity index (χ1) is 12.2. The molecule has 1 unspecified atom stereocenters. The first kappa shape index (κ1) is 20.3. The minimum Gasteiger partial charge on any atom is -0.447 e. The van der Waals surface area contributed by atoms with Gasteiger partial charge in [0.1, 0.15) is 6.61 Å². The Morgan fingerprint density at radius 3 is 2.50 bits per heavy atom. The van der Waals surface area contributed by atoms with Gasteiger partial charge in [-0.05, 0) is 19.3 Å². The van der Waals surface area contributed by atoms with Gasteiger partial charge in [0.25, 0.3) is 0 Å². The number of rotatable bonds is 6. The van der Waals surface area contributed by atoms with Gasteiger partial charge in [-0.1, -0.05) is 19.8 Å². The summed E-state index contributed by atoms with van der Waals surface area (Å²) in [5, 5.41) is 1.58. The molecule has 3 amide bonds. The third kappa shape index (κ3) is 5.01. The van der Waals surface area contributed by atoms with Gasteiger partial charge in [-0.3, -0.25) is 14.5 Å². The first-order valence-electron chi connectivity index (χ1n) is 8.82. The molecule has 2 fully saturated rings. The lowest BCUT2D eigenvalue weighted by Crippen LogP contribution is -2.51. The van der Waals surface area contributed by atoms with Crippen molar-refractivity contribution in [3.8, 4) is 0 Å². The molecule has 2 heterocycles. The van der Waals surface area contributed by atoms with Crippen LogP contribution in [0.15, 0.2) is 0 Å². The lowest BCUT2D eigenvalue weighted by atomic mass is 10.00. The van der Waals surface area contributed by atoms with Crippen molar-refractivity contribution in [2.75, 3.05) is 26.2 Å². The van der Waals surface area contributed by atoms with Crippen LogP contribution >= 0.6 is 0 Å². The summed E-state index contributed by atoms with van der Waals surface area (Å²) in [6, 6.07) is 0.00134. The average Bonchev–Trinajstić information content (AvgIpc) is 2.97. The number of hydrogen-bond acceptors (Lipinski definition) is 4. The predicted molar refractivity (Wildman–Crippen MR) is 85.2 cm³/mol. The van der Waals surface area contributed by atoms with Gasteiger partial charge in [0.15, 0.2) is 0 Å². The zero-order valence-electron chi connectivity index (χ0n) is 14.7. The molecule has 0 spiro atoms. The van der Waals surface area contributed by atoms with Crippen LogP contribution in [0.25, 0.3) is 0 Å². The van der Waals surface area contributed by atoms with Crippen LogP contribution < -0.4 is 5.32 Å². The van der Waals surface area contributed by atoms with Gasteiger partial charge in [-0.2, -0.15) is 13.2 Å². The monoisotopic (exact) mass is 379 g/mol. The number of amides is 3. The Bertz CT molecular complexity index is 533. The number of alkyl halides is 3. The highest BCUT2D eigenvalue weighted by Gasteiger charge is 2.40. The van der Waals surface area contributed by atoms with Gasteiger partial charge in [-0.25, -0.2) is 4.79 Å². The number of piperidine rings is 1. The number of ether oxygens (including phenoxy) is 1. The Balaban J connectivity index is 1.81. The van der Waals surface area contributed by atoms with Crippen molar-refractivity contribution < 1.29 is 32.3 Å². The molecule has 7 nitrogen and oxygen atoms in total. The molecule has 1 atom stereocenters. The third-order valence-electron chi connectivity index (χ3n) is 4.76. The fourth-order valence-electron chi connectivity index (χ4n) is 3.34. The number of unbranched alkanes of at least 4 members (excludes halogenated alkanes) is 1. The minimum atomic E-state index is -5.00. The third-order valence-corrected chi connectivity index (χ3v) is 4.76. The summed E-state index contributed by atoms with van der Waals surface area (Å²) in [6.45, 7) is 2.42. The minimum absolute atomic E-state index is 0.0410. The molecule has 2 aliphatic heterocycles. The maximum absolute atomic E-state index is 12.1. The zero-order valence-corrected chi connectivity index (χ0v) is 14.7. The van der Waals surface area contributed by atoms with E-state index in [1.165, 1.54) is 4.90 Å². The molecule has 0 saturated carbocycles. The topological polar surface area (TPSA) is 79.0 Å². The molecule has 0 aromatic carbocycles. The first-order valence-corrected chi connectivity index (χ1v) is 8.82. The molecule has 0 bridgehead atoms. The summed E-state index contributed by atoms with van der Waals surface area (Å²) in [7, 11) is 0. The van der Waals surface area contributed by atoms with E-state index in [4.69, 9.17) is 4.74 Å². The Kier molecular flexibility index (Phi) is 6.71.